The molecule has 76 valence electrons. The highest BCUT2D eigenvalue weighted by molar-refractivity contribution is 5.86. The van der Waals surface area contributed by atoms with Gasteiger partial charge in [-0.2, -0.15) is 0 Å². The molecule has 0 rings (SSSR count). The molecule has 0 aromatic rings. The molecule has 0 bridgehead atoms. The van der Waals surface area contributed by atoms with Gasteiger partial charge >= 0.3 is 5.97 Å². The first-order valence-corrected chi connectivity index (χ1v) is 5.14. The molecular formula is C11H20O2. The van der Waals surface area contributed by atoms with Crippen LogP contribution in [0.1, 0.15) is 52.4 Å². The predicted molar refractivity (Wildman–Crippen MR) is 54.8 cm³/mol. The van der Waals surface area contributed by atoms with Crippen molar-refractivity contribution in [2.75, 3.05) is 0 Å². The Bertz CT molecular complexity index is 171. The first-order chi connectivity index (χ1) is 6.22. The second-order valence-corrected chi connectivity index (χ2v) is 3.25. The van der Waals surface area contributed by atoms with E-state index in [4.69, 9.17) is 5.11 Å². The van der Waals surface area contributed by atoms with Crippen LogP contribution in [0.3, 0.4) is 0 Å². The molecule has 0 aromatic carbocycles. The molecule has 0 aliphatic carbocycles. The van der Waals surface area contributed by atoms with Crippen molar-refractivity contribution < 1.29 is 9.90 Å². The first-order valence-electron chi connectivity index (χ1n) is 5.14. The first kappa shape index (κ1) is 12.2. The molecule has 0 radical (unpaired) electrons. The fourth-order valence-electron chi connectivity index (χ4n) is 1.28. The highest BCUT2D eigenvalue weighted by atomic mass is 16.4. The maximum atomic E-state index is 10.7. The third-order valence-electron chi connectivity index (χ3n) is 2.02. The van der Waals surface area contributed by atoms with Crippen molar-refractivity contribution >= 4 is 5.97 Å². The Hall–Kier alpha value is -0.790. The quantitative estimate of drug-likeness (QED) is 0.486. The summed E-state index contributed by atoms with van der Waals surface area (Å²) in [7, 11) is 0. The monoisotopic (exact) mass is 184 g/mol. The molecule has 2 nitrogen and oxygen atoms in total. The van der Waals surface area contributed by atoms with Crippen molar-refractivity contribution in [3.8, 4) is 0 Å². The van der Waals surface area contributed by atoms with Gasteiger partial charge in [-0.15, -0.1) is 0 Å². The lowest BCUT2D eigenvalue weighted by molar-refractivity contribution is -0.132. The van der Waals surface area contributed by atoms with E-state index >= 15 is 0 Å². The van der Waals surface area contributed by atoms with Crippen LogP contribution in [0.15, 0.2) is 11.6 Å². The number of rotatable bonds is 7. The molecule has 0 saturated carbocycles. The lowest BCUT2D eigenvalue weighted by atomic mass is 10.1. The molecule has 0 aliphatic rings. The van der Waals surface area contributed by atoms with Crippen LogP contribution in [0.2, 0.25) is 0 Å². The standard InChI is InChI=1S/C11H20O2/c1-3-5-6-7-9-10(8-4-2)11(12)13/h8H,3-7,9H2,1-2H3,(H,12,13). The number of hydrogen-bond donors (Lipinski definition) is 1. The van der Waals surface area contributed by atoms with Crippen LogP contribution >= 0.6 is 0 Å². The molecule has 0 saturated heterocycles. The zero-order valence-corrected chi connectivity index (χ0v) is 8.68. The van der Waals surface area contributed by atoms with E-state index in [1.807, 2.05) is 13.0 Å². The molecule has 0 atom stereocenters. The van der Waals surface area contributed by atoms with E-state index in [-0.39, 0.29) is 0 Å². The Labute approximate surface area is 80.7 Å². The minimum atomic E-state index is -0.752. The van der Waals surface area contributed by atoms with Gasteiger partial charge in [0, 0.05) is 5.57 Å². The van der Waals surface area contributed by atoms with Crippen LogP contribution in [-0.4, -0.2) is 11.1 Å². The van der Waals surface area contributed by atoms with Gasteiger partial charge in [-0.3, -0.25) is 0 Å². The molecule has 2 heteroatoms. The van der Waals surface area contributed by atoms with Gasteiger partial charge in [0.15, 0.2) is 0 Å². The molecule has 13 heavy (non-hydrogen) atoms. The van der Waals surface area contributed by atoms with Gasteiger partial charge in [-0.1, -0.05) is 39.2 Å². The maximum Gasteiger partial charge on any atom is 0.331 e. The average molecular weight is 184 g/mol. The summed E-state index contributed by atoms with van der Waals surface area (Å²) in [6, 6.07) is 0. The number of aliphatic carboxylic acids is 1. The highest BCUT2D eigenvalue weighted by Crippen LogP contribution is 2.10. The van der Waals surface area contributed by atoms with Crippen LogP contribution in [0.4, 0.5) is 0 Å². The van der Waals surface area contributed by atoms with Crippen molar-refractivity contribution in [2.45, 2.75) is 52.4 Å². The SMILES string of the molecule is CCC=C(CCCCCC)C(=O)O. The van der Waals surface area contributed by atoms with E-state index in [0.717, 1.165) is 25.7 Å². The van der Waals surface area contributed by atoms with Crippen molar-refractivity contribution in [3.05, 3.63) is 11.6 Å². The van der Waals surface area contributed by atoms with Crippen molar-refractivity contribution in [2.24, 2.45) is 0 Å². The lowest BCUT2D eigenvalue weighted by Gasteiger charge is -2.01. The summed E-state index contributed by atoms with van der Waals surface area (Å²) >= 11 is 0. The molecule has 0 aliphatic heterocycles. The van der Waals surface area contributed by atoms with Gasteiger partial charge in [0.05, 0.1) is 0 Å². The number of carbonyl (C=O) groups is 1. The molecule has 1 N–H and O–H groups in total. The Morgan fingerprint density at radius 2 is 1.92 bits per heavy atom. The predicted octanol–water partition coefficient (Wildman–Crippen LogP) is 3.38. The fourth-order valence-corrected chi connectivity index (χ4v) is 1.28. The summed E-state index contributed by atoms with van der Waals surface area (Å²) in [6.07, 6.45) is 7.91. The summed E-state index contributed by atoms with van der Waals surface area (Å²) in [6.45, 7) is 4.12. The van der Waals surface area contributed by atoms with Gasteiger partial charge in [-0.05, 0) is 19.3 Å². The van der Waals surface area contributed by atoms with E-state index < -0.39 is 5.97 Å². The third kappa shape index (κ3) is 6.38. The smallest absolute Gasteiger partial charge is 0.331 e. The lowest BCUT2D eigenvalue weighted by Crippen LogP contribution is -2.00. The summed E-state index contributed by atoms with van der Waals surface area (Å²) < 4.78 is 0. The molecule has 0 unspecified atom stereocenters. The number of unbranched alkanes of at least 4 members (excludes halogenated alkanes) is 3. The van der Waals surface area contributed by atoms with Crippen LogP contribution in [0, 0.1) is 0 Å². The fraction of sp³-hybridized carbons (Fsp3) is 0.727. The van der Waals surface area contributed by atoms with Gasteiger partial charge < -0.3 is 5.11 Å². The zero-order valence-electron chi connectivity index (χ0n) is 8.68. The summed E-state index contributed by atoms with van der Waals surface area (Å²) in [5.74, 6) is -0.752. The van der Waals surface area contributed by atoms with E-state index in [1.54, 1.807) is 0 Å². The van der Waals surface area contributed by atoms with E-state index in [9.17, 15) is 4.79 Å². The average Bonchev–Trinajstić information content (AvgIpc) is 2.10. The van der Waals surface area contributed by atoms with Gasteiger partial charge in [0.1, 0.15) is 0 Å². The normalized spacial score (nSPS) is 11.7. The number of carboxylic acids is 1. The zero-order chi connectivity index (χ0) is 10.1. The number of carboxylic acid groups (broad SMARTS) is 1. The number of hydrogen-bond acceptors (Lipinski definition) is 1. The molecule has 0 amide bonds. The van der Waals surface area contributed by atoms with Gasteiger partial charge in [0.2, 0.25) is 0 Å². The minimum Gasteiger partial charge on any atom is -0.478 e. The molecule has 0 heterocycles. The van der Waals surface area contributed by atoms with E-state index in [2.05, 4.69) is 6.92 Å². The topological polar surface area (TPSA) is 37.3 Å². The van der Waals surface area contributed by atoms with Gasteiger partial charge in [0.25, 0.3) is 0 Å². The Kier molecular flexibility index (Phi) is 7.36. The Morgan fingerprint density at radius 1 is 1.23 bits per heavy atom. The second-order valence-electron chi connectivity index (χ2n) is 3.25. The number of allylic oxidation sites excluding steroid dienone is 1. The van der Waals surface area contributed by atoms with Crippen LogP contribution in [0.25, 0.3) is 0 Å². The largest absolute Gasteiger partial charge is 0.478 e. The van der Waals surface area contributed by atoms with E-state index in [1.165, 1.54) is 12.8 Å². The maximum absolute atomic E-state index is 10.7. The van der Waals surface area contributed by atoms with Crippen molar-refractivity contribution in [1.82, 2.24) is 0 Å². The van der Waals surface area contributed by atoms with E-state index in [0.29, 0.717) is 5.57 Å². The molecule has 0 spiro atoms. The molecular weight excluding hydrogens is 164 g/mol. The molecule has 0 aromatic heterocycles. The Balaban J connectivity index is 3.71. The minimum absolute atomic E-state index is 0.582. The summed E-state index contributed by atoms with van der Waals surface area (Å²) in [4.78, 5) is 10.7. The summed E-state index contributed by atoms with van der Waals surface area (Å²) in [5.41, 5.74) is 0.582. The summed E-state index contributed by atoms with van der Waals surface area (Å²) in [5, 5.41) is 8.79. The van der Waals surface area contributed by atoms with Crippen LogP contribution in [0.5, 0.6) is 0 Å². The van der Waals surface area contributed by atoms with Gasteiger partial charge in [-0.25, -0.2) is 4.79 Å². The highest BCUT2D eigenvalue weighted by Gasteiger charge is 2.04. The third-order valence-corrected chi connectivity index (χ3v) is 2.02. The Morgan fingerprint density at radius 3 is 2.38 bits per heavy atom. The van der Waals surface area contributed by atoms with Crippen molar-refractivity contribution in [3.63, 3.8) is 0 Å². The molecule has 0 fully saturated rings. The van der Waals surface area contributed by atoms with Crippen molar-refractivity contribution in [1.29, 1.82) is 0 Å². The van der Waals surface area contributed by atoms with Crippen LogP contribution < -0.4 is 0 Å². The van der Waals surface area contributed by atoms with Crippen LogP contribution in [-0.2, 0) is 4.79 Å². The second kappa shape index (κ2) is 7.84.